The number of nitrogens with two attached hydrogens (primary N) is 1. The van der Waals surface area contributed by atoms with Crippen molar-refractivity contribution in [2.45, 2.75) is 24.4 Å². The second-order valence-electron chi connectivity index (χ2n) is 2.43. The number of aliphatic hydroxyl groups excluding tert-OH is 3. The normalized spacial score (nSPS) is 47.6. The van der Waals surface area contributed by atoms with Crippen LogP contribution in [0.25, 0.3) is 0 Å². The molecule has 0 saturated heterocycles. The Morgan fingerprint density at radius 2 is 1.60 bits per heavy atom. The SMILES string of the molecule is N[C@@H]1C=C[C@@H](O)[C@H](O)[C@@H]1O. The van der Waals surface area contributed by atoms with Gasteiger partial charge >= 0.3 is 0 Å². The predicted molar refractivity (Wildman–Crippen MR) is 35.1 cm³/mol. The maximum absolute atomic E-state index is 9.03. The molecule has 0 spiro atoms. The first-order valence-corrected chi connectivity index (χ1v) is 3.11. The zero-order chi connectivity index (χ0) is 7.72. The minimum atomic E-state index is -1.15. The molecule has 0 aromatic carbocycles. The highest BCUT2D eigenvalue weighted by Gasteiger charge is 2.30. The number of aliphatic hydroxyl groups is 3. The van der Waals surface area contributed by atoms with E-state index in [4.69, 9.17) is 21.1 Å². The fourth-order valence-electron chi connectivity index (χ4n) is 0.900. The second-order valence-corrected chi connectivity index (χ2v) is 2.43. The van der Waals surface area contributed by atoms with Crippen LogP contribution in [0.4, 0.5) is 0 Å². The van der Waals surface area contributed by atoms with E-state index in [0.717, 1.165) is 0 Å². The van der Waals surface area contributed by atoms with Crippen LogP contribution in [0.15, 0.2) is 12.2 Å². The van der Waals surface area contributed by atoms with Crippen LogP contribution in [-0.2, 0) is 0 Å². The molecule has 0 radical (unpaired) electrons. The van der Waals surface area contributed by atoms with Gasteiger partial charge in [0.15, 0.2) is 0 Å². The molecular formula is C6H11NO3. The van der Waals surface area contributed by atoms with Gasteiger partial charge in [0.05, 0.1) is 6.04 Å². The first-order chi connectivity index (χ1) is 4.63. The van der Waals surface area contributed by atoms with Gasteiger partial charge in [0.1, 0.15) is 18.3 Å². The Hall–Kier alpha value is -0.420. The van der Waals surface area contributed by atoms with E-state index >= 15 is 0 Å². The first-order valence-electron chi connectivity index (χ1n) is 3.11. The summed E-state index contributed by atoms with van der Waals surface area (Å²) in [5, 5.41) is 26.9. The van der Waals surface area contributed by atoms with Crippen LogP contribution in [0.1, 0.15) is 0 Å². The van der Waals surface area contributed by atoms with Crippen molar-refractivity contribution in [3.63, 3.8) is 0 Å². The highest BCUT2D eigenvalue weighted by Crippen LogP contribution is 2.11. The third-order valence-electron chi connectivity index (χ3n) is 1.62. The van der Waals surface area contributed by atoms with Crippen LogP contribution in [-0.4, -0.2) is 39.7 Å². The molecule has 58 valence electrons. The van der Waals surface area contributed by atoms with E-state index in [0.29, 0.717) is 0 Å². The summed E-state index contributed by atoms with van der Waals surface area (Å²) in [6, 6.07) is -0.571. The predicted octanol–water partition coefficient (Wildman–Crippen LogP) is -2.03. The van der Waals surface area contributed by atoms with Gasteiger partial charge in [-0.1, -0.05) is 12.2 Å². The summed E-state index contributed by atoms with van der Waals surface area (Å²) in [5.41, 5.74) is 5.32. The number of hydrogen-bond acceptors (Lipinski definition) is 4. The maximum Gasteiger partial charge on any atom is 0.111 e. The molecule has 10 heavy (non-hydrogen) atoms. The highest BCUT2D eigenvalue weighted by molar-refractivity contribution is 5.09. The molecule has 1 aliphatic rings. The molecule has 0 aromatic heterocycles. The average Bonchev–Trinajstić information content (AvgIpc) is 1.93. The molecule has 0 aromatic rings. The van der Waals surface area contributed by atoms with E-state index in [2.05, 4.69) is 0 Å². The second kappa shape index (κ2) is 2.67. The highest BCUT2D eigenvalue weighted by atomic mass is 16.4. The van der Waals surface area contributed by atoms with Crippen molar-refractivity contribution in [3.05, 3.63) is 12.2 Å². The molecule has 4 nitrogen and oxygen atoms in total. The van der Waals surface area contributed by atoms with Crippen molar-refractivity contribution in [1.29, 1.82) is 0 Å². The summed E-state index contributed by atoms with van der Waals surface area (Å²) in [4.78, 5) is 0. The van der Waals surface area contributed by atoms with Crippen LogP contribution in [0, 0.1) is 0 Å². The number of rotatable bonds is 0. The van der Waals surface area contributed by atoms with Gasteiger partial charge in [-0.2, -0.15) is 0 Å². The fourth-order valence-corrected chi connectivity index (χ4v) is 0.900. The minimum absolute atomic E-state index is 0.571. The van der Waals surface area contributed by atoms with Crippen molar-refractivity contribution in [2.75, 3.05) is 0 Å². The first kappa shape index (κ1) is 7.68. The molecule has 0 fully saturated rings. The molecule has 0 bridgehead atoms. The Bertz CT molecular complexity index is 132. The minimum Gasteiger partial charge on any atom is -0.388 e. The van der Waals surface area contributed by atoms with E-state index in [1.165, 1.54) is 12.2 Å². The van der Waals surface area contributed by atoms with Gasteiger partial charge in [-0.15, -0.1) is 0 Å². The lowest BCUT2D eigenvalue weighted by Gasteiger charge is -2.28. The molecule has 0 amide bonds. The van der Waals surface area contributed by atoms with Gasteiger partial charge in [-0.25, -0.2) is 0 Å². The summed E-state index contributed by atoms with van der Waals surface area (Å²) in [5.74, 6) is 0. The Kier molecular flexibility index (Phi) is 2.05. The molecule has 0 saturated carbocycles. The zero-order valence-electron chi connectivity index (χ0n) is 5.38. The zero-order valence-corrected chi connectivity index (χ0v) is 5.38. The van der Waals surface area contributed by atoms with Gasteiger partial charge in [-0.05, 0) is 0 Å². The van der Waals surface area contributed by atoms with Gasteiger partial charge in [0.25, 0.3) is 0 Å². The Balaban J connectivity index is 2.69. The molecule has 0 aliphatic heterocycles. The lowest BCUT2D eigenvalue weighted by Crippen LogP contribution is -2.49. The molecule has 1 aliphatic carbocycles. The molecule has 5 N–H and O–H groups in total. The van der Waals surface area contributed by atoms with Crippen molar-refractivity contribution >= 4 is 0 Å². The largest absolute Gasteiger partial charge is 0.388 e. The Labute approximate surface area is 58.6 Å². The Morgan fingerprint density at radius 3 is 2.10 bits per heavy atom. The van der Waals surface area contributed by atoms with Crippen LogP contribution >= 0.6 is 0 Å². The van der Waals surface area contributed by atoms with Gasteiger partial charge in [0, 0.05) is 0 Å². The molecule has 0 heterocycles. The lowest BCUT2D eigenvalue weighted by molar-refractivity contribution is -0.0518. The van der Waals surface area contributed by atoms with Crippen LogP contribution < -0.4 is 5.73 Å². The summed E-state index contributed by atoms with van der Waals surface area (Å²) in [7, 11) is 0. The van der Waals surface area contributed by atoms with E-state index in [9.17, 15) is 0 Å². The summed E-state index contributed by atoms with van der Waals surface area (Å²) in [6.45, 7) is 0. The summed E-state index contributed by atoms with van der Waals surface area (Å²) < 4.78 is 0. The third kappa shape index (κ3) is 1.19. The quantitative estimate of drug-likeness (QED) is 0.296. The standard InChI is InChI=1S/C6H11NO3/c7-3-1-2-4(8)6(10)5(3)9/h1-6,8-10H,7H2/t3-,4-,5-,6+/m1/s1. The van der Waals surface area contributed by atoms with E-state index < -0.39 is 24.4 Å². The van der Waals surface area contributed by atoms with Gasteiger partial charge < -0.3 is 21.1 Å². The maximum atomic E-state index is 9.03. The number of hydrogen-bond donors (Lipinski definition) is 4. The topological polar surface area (TPSA) is 86.7 Å². The molecule has 4 atom stereocenters. The lowest BCUT2D eigenvalue weighted by atomic mass is 9.95. The van der Waals surface area contributed by atoms with Crippen molar-refractivity contribution in [1.82, 2.24) is 0 Å². The summed E-state index contributed by atoms with van der Waals surface area (Å²) in [6.07, 6.45) is -0.348. The van der Waals surface area contributed by atoms with E-state index in [1.807, 2.05) is 0 Å². The van der Waals surface area contributed by atoms with Crippen molar-refractivity contribution in [3.8, 4) is 0 Å². The average molecular weight is 145 g/mol. The van der Waals surface area contributed by atoms with Crippen molar-refractivity contribution in [2.24, 2.45) is 5.73 Å². The summed E-state index contributed by atoms with van der Waals surface area (Å²) >= 11 is 0. The molecule has 1 rings (SSSR count). The monoisotopic (exact) mass is 145 g/mol. The molecule has 4 heteroatoms. The van der Waals surface area contributed by atoms with Gasteiger partial charge in [0.2, 0.25) is 0 Å². The van der Waals surface area contributed by atoms with Crippen LogP contribution in [0.2, 0.25) is 0 Å². The van der Waals surface area contributed by atoms with Crippen LogP contribution in [0.3, 0.4) is 0 Å². The fraction of sp³-hybridized carbons (Fsp3) is 0.667. The molecular weight excluding hydrogens is 134 g/mol. The van der Waals surface area contributed by atoms with Crippen molar-refractivity contribution < 1.29 is 15.3 Å². The smallest absolute Gasteiger partial charge is 0.111 e. The molecule has 0 unspecified atom stereocenters. The third-order valence-corrected chi connectivity index (χ3v) is 1.62. The van der Waals surface area contributed by atoms with E-state index in [-0.39, 0.29) is 0 Å². The Morgan fingerprint density at radius 1 is 1.00 bits per heavy atom. The van der Waals surface area contributed by atoms with Crippen LogP contribution in [0.5, 0.6) is 0 Å². The van der Waals surface area contributed by atoms with Gasteiger partial charge in [-0.3, -0.25) is 0 Å². The van der Waals surface area contributed by atoms with E-state index in [1.54, 1.807) is 0 Å².